The van der Waals surface area contributed by atoms with Gasteiger partial charge in [0.25, 0.3) is 6.43 Å². The van der Waals surface area contributed by atoms with Crippen LogP contribution in [0, 0.1) is 11.3 Å². The second kappa shape index (κ2) is 3.62. The maximum atomic E-state index is 11.7. The molecule has 0 aromatic heterocycles. The Balaban J connectivity index is 4.38. The summed E-state index contributed by atoms with van der Waals surface area (Å²) in [4.78, 5) is 0. The summed E-state index contributed by atoms with van der Waals surface area (Å²) < 4.78 is 23.4. The second-order valence-corrected chi connectivity index (χ2v) is 1.52. The van der Waals surface area contributed by atoms with Crippen molar-refractivity contribution in [3.63, 3.8) is 0 Å². The van der Waals surface area contributed by atoms with Gasteiger partial charge in [0.2, 0.25) is 0 Å². The van der Waals surface area contributed by atoms with Crippen LogP contribution in [0.4, 0.5) is 8.78 Å². The molecule has 2 N–H and O–H groups in total. The Morgan fingerprint density at radius 3 is 2.30 bits per heavy atom. The molecule has 0 aliphatic heterocycles. The molecule has 0 spiro atoms. The summed E-state index contributed by atoms with van der Waals surface area (Å²) in [7, 11) is 0. The molecular weight excluding hydrogens is 138 g/mol. The molecule has 0 radical (unpaired) electrons. The monoisotopic (exact) mass is 144 g/mol. The van der Waals surface area contributed by atoms with Crippen molar-refractivity contribution in [2.45, 2.75) is 6.43 Å². The fourth-order valence-electron chi connectivity index (χ4n) is 0.334. The molecule has 10 heavy (non-hydrogen) atoms. The van der Waals surface area contributed by atoms with E-state index in [1.807, 2.05) is 0 Å². The number of allylic oxidation sites excluding steroid dienone is 2. The number of halogens is 2. The Labute approximate surface area is 57.2 Å². The molecular formula is C6H6F2N2. The minimum atomic E-state index is -2.71. The number of nitriles is 1. The highest BCUT2D eigenvalue weighted by molar-refractivity contribution is 5.40. The molecule has 0 saturated carbocycles. The fraction of sp³-hybridized carbons (Fsp3) is 0.167. The summed E-state index contributed by atoms with van der Waals surface area (Å²) in [5.41, 5.74) is 4.04. The molecule has 0 rings (SSSR count). The zero-order valence-electron chi connectivity index (χ0n) is 5.14. The van der Waals surface area contributed by atoms with Gasteiger partial charge in [0.1, 0.15) is 6.07 Å². The van der Waals surface area contributed by atoms with E-state index in [0.717, 1.165) is 6.20 Å². The smallest absolute Gasteiger partial charge is 0.264 e. The quantitative estimate of drug-likeness (QED) is 0.467. The molecule has 54 valence electrons. The third-order valence-corrected chi connectivity index (χ3v) is 0.896. The van der Waals surface area contributed by atoms with Crippen LogP contribution < -0.4 is 5.73 Å². The molecule has 2 nitrogen and oxygen atoms in total. The largest absolute Gasteiger partial charge is 0.404 e. The Kier molecular flexibility index (Phi) is 3.12. The van der Waals surface area contributed by atoms with E-state index in [0.29, 0.717) is 0 Å². The van der Waals surface area contributed by atoms with Crippen molar-refractivity contribution in [1.29, 1.82) is 5.26 Å². The van der Waals surface area contributed by atoms with Gasteiger partial charge in [0.05, 0.1) is 5.57 Å². The molecule has 0 atom stereocenters. The van der Waals surface area contributed by atoms with E-state index in [-0.39, 0.29) is 5.57 Å². The van der Waals surface area contributed by atoms with Gasteiger partial charge in [-0.2, -0.15) is 5.26 Å². The number of hydrogen-bond donors (Lipinski definition) is 1. The lowest BCUT2D eigenvalue weighted by atomic mass is 10.1. The van der Waals surface area contributed by atoms with Crippen molar-refractivity contribution in [2.75, 3.05) is 0 Å². The van der Waals surface area contributed by atoms with Gasteiger partial charge in [0.15, 0.2) is 0 Å². The third kappa shape index (κ3) is 1.86. The fourth-order valence-corrected chi connectivity index (χ4v) is 0.334. The first-order chi connectivity index (χ1) is 4.63. The summed E-state index contributed by atoms with van der Waals surface area (Å²) in [5, 5.41) is 8.15. The standard InChI is InChI=1S/C6H6F2N2/c1-4(6(7)8)5(2-9)3-10/h2,6H,1,9H2/b5-2+. The van der Waals surface area contributed by atoms with Gasteiger partial charge in [-0.15, -0.1) is 0 Å². The summed E-state index contributed by atoms with van der Waals surface area (Å²) in [6.45, 7) is 2.98. The summed E-state index contributed by atoms with van der Waals surface area (Å²) in [6.07, 6.45) is -1.90. The van der Waals surface area contributed by atoms with Crippen LogP contribution in [0.2, 0.25) is 0 Å². The van der Waals surface area contributed by atoms with Crippen molar-refractivity contribution >= 4 is 0 Å². The molecule has 0 unspecified atom stereocenters. The predicted molar refractivity (Wildman–Crippen MR) is 33.0 cm³/mol. The van der Waals surface area contributed by atoms with Gasteiger partial charge >= 0.3 is 0 Å². The lowest BCUT2D eigenvalue weighted by Gasteiger charge is -1.98. The van der Waals surface area contributed by atoms with Crippen LogP contribution in [0.5, 0.6) is 0 Å². The molecule has 0 aromatic rings. The topological polar surface area (TPSA) is 49.8 Å². The van der Waals surface area contributed by atoms with Gasteiger partial charge < -0.3 is 5.73 Å². The first kappa shape index (κ1) is 8.63. The zero-order valence-corrected chi connectivity index (χ0v) is 5.14. The van der Waals surface area contributed by atoms with Crippen LogP contribution in [-0.2, 0) is 0 Å². The molecule has 0 heterocycles. The predicted octanol–water partition coefficient (Wildman–Crippen LogP) is 1.17. The van der Waals surface area contributed by atoms with Crippen LogP contribution in [0.25, 0.3) is 0 Å². The minimum Gasteiger partial charge on any atom is -0.404 e. The SMILES string of the molecule is C=C(/C(C#N)=C/N)C(F)F. The normalized spacial score (nSPS) is 11.2. The van der Waals surface area contributed by atoms with Gasteiger partial charge in [-0.25, -0.2) is 8.78 Å². The van der Waals surface area contributed by atoms with Crippen molar-refractivity contribution < 1.29 is 8.78 Å². The van der Waals surface area contributed by atoms with E-state index >= 15 is 0 Å². The van der Waals surface area contributed by atoms with Crippen LogP contribution >= 0.6 is 0 Å². The minimum absolute atomic E-state index is 0.269. The highest BCUT2D eigenvalue weighted by Gasteiger charge is 2.11. The van der Waals surface area contributed by atoms with E-state index in [9.17, 15) is 8.78 Å². The zero-order chi connectivity index (χ0) is 8.15. The molecule has 0 amide bonds. The van der Waals surface area contributed by atoms with Crippen LogP contribution in [0.15, 0.2) is 23.9 Å². The number of alkyl halides is 2. The lowest BCUT2D eigenvalue weighted by molar-refractivity contribution is 0.193. The Morgan fingerprint density at radius 2 is 2.20 bits per heavy atom. The molecule has 0 aromatic carbocycles. The second-order valence-electron chi connectivity index (χ2n) is 1.52. The average molecular weight is 144 g/mol. The van der Waals surface area contributed by atoms with Crippen molar-refractivity contribution in [3.8, 4) is 6.07 Å². The summed E-state index contributed by atoms with van der Waals surface area (Å²) in [5.74, 6) is 0. The summed E-state index contributed by atoms with van der Waals surface area (Å²) >= 11 is 0. The van der Waals surface area contributed by atoms with Crippen molar-refractivity contribution in [3.05, 3.63) is 23.9 Å². The number of rotatable bonds is 2. The first-order valence-electron chi connectivity index (χ1n) is 2.42. The maximum absolute atomic E-state index is 11.7. The highest BCUT2D eigenvalue weighted by atomic mass is 19.3. The lowest BCUT2D eigenvalue weighted by Crippen LogP contribution is -1.99. The van der Waals surface area contributed by atoms with E-state index in [1.165, 1.54) is 6.07 Å². The number of hydrogen-bond acceptors (Lipinski definition) is 2. The van der Waals surface area contributed by atoms with E-state index in [4.69, 9.17) is 11.0 Å². The Bertz CT molecular complexity index is 200. The van der Waals surface area contributed by atoms with E-state index in [2.05, 4.69) is 6.58 Å². The van der Waals surface area contributed by atoms with E-state index in [1.54, 1.807) is 0 Å². The number of nitrogens with zero attached hydrogens (tertiary/aromatic N) is 1. The van der Waals surface area contributed by atoms with Gasteiger partial charge in [-0.3, -0.25) is 0 Å². The maximum Gasteiger partial charge on any atom is 0.264 e. The molecule has 0 fully saturated rings. The molecule has 4 heteroatoms. The van der Waals surface area contributed by atoms with Crippen molar-refractivity contribution in [1.82, 2.24) is 0 Å². The Morgan fingerprint density at radius 1 is 1.70 bits per heavy atom. The van der Waals surface area contributed by atoms with Crippen LogP contribution in [0.3, 0.4) is 0 Å². The summed E-state index contributed by atoms with van der Waals surface area (Å²) in [6, 6.07) is 1.49. The van der Waals surface area contributed by atoms with Gasteiger partial charge in [-0.1, -0.05) is 6.58 Å². The van der Waals surface area contributed by atoms with Gasteiger partial charge in [-0.05, 0) is 0 Å². The first-order valence-corrected chi connectivity index (χ1v) is 2.42. The molecule has 0 saturated heterocycles. The number of nitrogens with two attached hydrogens (primary N) is 1. The van der Waals surface area contributed by atoms with E-state index < -0.39 is 12.0 Å². The third-order valence-electron chi connectivity index (χ3n) is 0.896. The van der Waals surface area contributed by atoms with Crippen LogP contribution in [0.1, 0.15) is 0 Å². The molecule has 0 aliphatic carbocycles. The molecule has 0 bridgehead atoms. The van der Waals surface area contributed by atoms with Crippen LogP contribution in [-0.4, -0.2) is 6.43 Å². The van der Waals surface area contributed by atoms with Crippen molar-refractivity contribution in [2.24, 2.45) is 5.73 Å². The van der Waals surface area contributed by atoms with Gasteiger partial charge in [0, 0.05) is 11.8 Å². The Hall–Kier alpha value is -1.37. The highest BCUT2D eigenvalue weighted by Crippen LogP contribution is 2.13. The average Bonchev–Trinajstić information content (AvgIpc) is 1.90. The molecule has 0 aliphatic rings.